The summed E-state index contributed by atoms with van der Waals surface area (Å²) in [6.07, 6.45) is 12.2. The molecule has 0 unspecified atom stereocenters. The first-order valence-electron chi connectivity index (χ1n) is 12.9. The fourth-order valence-corrected chi connectivity index (χ4v) is 7.48. The Morgan fingerprint density at radius 2 is 1.55 bits per heavy atom. The first-order valence-corrected chi connectivity index (χ1v) is 15.4. The van der Waals surface area contributed by atoms with Gasteiger partial charge in [-0.05, 0) is 131 Å². The average molecular weight is 863 g/mol. The van der Waals surface area contributed by atoms with Crippen LogP contribution < -0.4 is 28.9 Å². The van der Waals surface area contributed by atoms with Gasteiger partial charge in [0.1, 0.15) is 7.05 Å². The van der Waals surface area contributed by atoms with Crippen LogP contribution in [0.25, 0.3) is 0 Å². The van der Waals surface area contributed by atoms with E-state index in [1.54, 1.807) is 0 Å². The molecule has 0 radical (unpaired) electrons. The summed E-state index contributed by atoms with van der Waals surface area (Å²) < 4.78 is 4.88. The van der Waals surface area contributed by atoms with E-state index in [-0.39, 0.29) is 34.8 Å². The molecule has 0 aromatic heterocycles. The van der Waals surface area contributed by atoms with Gasteiger partial charge in [-0.25, -0.2) is 0 Å². The normalized spacial score (nSPS) is 22.0. The Bertz CT molecular complexity index is 1460. The third-order valence-corrected chi connectivity index (χ3v) is 10.2. The van der Waals surface area contributed by atoms with Crippen molar-refractivity contribution in [2.24, 2.45) is 0 Å². The van der Waals surface area contributed by atoms with Gasteiger partial charge in [0.2, 0.25) is 5.69 Å². The quantitative estimate of drug-likeness (QED) is 0.257. The molecule has 2 nitrogen and oxygen atoms in total. The summed E-state index contributed by atoms with van der Waals surface area (Å²) in [5, 5.41) is 0.913. The second kappa shape index (κ2) is 11.3. The minimum absolute atomic E-state index is 0. The molecule has 5 rings (SSSR count). The number of rotatable bonds is 3. The van der Waals surface area contributed by atoms with E-state index in [1.807, 2.05) is 0 Å². The number of anilines is 1. The number of nitrogens with zero attached hydrogens (tertiary/aromatic N) is 2. The Morgan fingerprint density at radius 3 is 2.26 bits per heavy atom. The van der Waals surface area contributed by atoms with Crippen LogP contribution in [0.15, 0.2) is 82.6 Å². The zero-order valence-electron chi connectivity index (χ0n) is 22.8. The van der Waals surface area contributed by atoms with Gasteiger partial charge in [0, 0.05) is 53.7 Å². The number of allylic oxidation sites excluding steroid dienone is 8. The molecule has 0 atom stereocenters. The van der Waals surface area contributed by atoms with E-state index in [0.29, 0.717) is 0 Å². The second-order valence-electron chi connectivity index (χ2n) is 11.3. The Morgan fingerprint density at radius 1 is 0.895 bits per heavy atom. The zero-order chi connectivity index (χ0) is 26.7. The third kappa shape index (κ3) is 5.22. The minimum atomic E-state index is -0.0436. The Balaban J connectivity index is 0.00000336. The first kappa shape index (κ1) is 30.3. The maximum Gasteiger partial charge on any atom is 0.209 e. The maximum absolute atomic E-state index is 7.05. The van der Waals surface area contributed by atoms with Crippen LogP contribution >= 0.6 is 56.8 Å². The second-order valence-corrected chi connectivity index (χ2v) is 14.2. The van der Waals surface area contributed by atoms with Gasteiger partial charge in [-0.3, -0.25) is 0 Å². The average Bonchev–Trinajstić information content (AvgIpc) is 3.15. The molecule has 0 saturated carbocycles. The van der Waals surface area contributed by atoms with Crippen molar-refractivity contribution in [2.45, 2.75) is 57.8 Å². The molecule has 2 aromatic rings. The summed E-state index contributed by atoms with van der Waals surface area (Å²) in [5.41, 5.74) is 10.3. The molecule has 3 aliphatic rings. The van der Waals surface area contributed by atoms with Gasteiger partial charge in [0.05, 0.1) is 5.41 Å². The summed E-state index contributed by atoms with van der Waals surface area (Å²) in [5.74, 6) is 0. The first-order chi connectivity index (χ1) is 17.4. The molecule has 200 valence electrons. The number of likely N-dealkylation sites (N-methyl/N-ethyl adjacent to an activating group) is 1. The monoisotopic (exact) mass is 862 g/mol. The van der Waals surface area contributed by atoms with Crippen molar-refractivity contribution >= 4 is 73.9 Å². The van der Waals surface area contributed by atoms with Crippen LogP contribution in [0.2, 0.25) is 0 Å². The van der Waals surface area contributed by atoms with Gasteiger partial charge in [0.25, 0.3) is 0 Å². The molecule has 2 heterocycles. The van der Waals surface area contributed by atoms with E-state index >= 15 is 0 Å². The highest BCUT2D eigenvalue weighted by Gasteiger charge is 2.43. The third-order valence-electron chi connectivity index (χ3n) is 8.33. The van der Waals surface area contributed by atoms with Crippen LogP contribution in [0.4, 0.5) is 11.4 Å². The summed E-state index contributed by atoms with van der Waals surface area (Å²) >= 11 is 11.9. The standard InChI is InChI=1S/C32H34ClI2N2.HI/c1-31(2)24-18-22(34)12-14-26(24)36(5)28(31)16-10-20-8-7-9-21(30(20)33)11-17-29-32(3,4)25-19-23(35)13-15-27(25)37(29)6;/h10-19H,7-9H2,1-6H3;1H/q+1;/p-1. The fraction of sp³-hybridized carbons (Fsp3) is 0.344. The van der Waals surface area contributed by atoms with Gasteiger partial charge < -0.3 is 28.9 Å². The van der Waals surface area contributed by atoms with E-state index in [4.69, 9.17) is 11.6 Å². The van der Waals surface area contributed by atoms with Crippen LogP contribution in [0, 0.1) is 7.14 Å². The van der Waals surface area contributed by atoms with Crippen molar-refractivity contribution in [2.75, 3.05) is 19.0 Å². The lowest BCUT2D eigenvalue weighted by Gasteiger charge is -2.24. The minimum Gasteiger partial charge on any atom is -1.00 e. The molecule has 0 amide bonds. The molecule has 2 aromatic carbocycles. The molecule has 0 saturated heterocycles. The van der Waals surface area contributed by atoms with Crippen molar-refractivity contribution in [3.63, 3.8) is 0 Å². The van der Waals surface area contributed by atoms with Crippen molar-refractivity contribution in [1.82, 2.24) is 0 Å². The number of hydrogen-bond donors (Lipinski definition) is 0. The van der Waals surface area contributed by atoms with Crippen molar-refractivity contribution < 1.29 is 28.6 Å². The lowest BCUT2D eigenvalue weighted by Crippen LogP contribution is -3.00. The lowest BCUT2D eigenvalue weighted by molar-refractivity contribution is -0.401. The largest absolute Gasteiger partial charge is 1.00 e. The predicted molar refractivity (Wildman–Crippen MR) is 176 cm³/mol. The van der Waals surface area contributed by atoms with Crippen LogP contribution in [0.5, 0.6) is 0 Å². The van der Waals surface area contributed by atoms with Gasteiger partial charge in [0.15, 0.2) is 5.71 Å². The van der Waals surface area contributed by atoms with Crippen LogP contribution in [-0.2, 0) is 10.8 Å². The predicted octanol–water partition coefficient (Wildman–Crippen LogP) is 6.38. The van der Waals surface area contributed by atoms with E-state index in [2.05, 4.69) is 157 Å². The highest BCUT2D eigenvalue weighted by molar-refractivity contribution is 14.1. The van der Waals surface area contributed by atoms with E-state index in [1.165, 1.54) is 52.2 Å². The Labute approximate surface area is 277 Å². The van der Waals surface area contributed by atoms with E-state index in [9.17, 15) is 0 Å². The fourth-order valence-electron chi connectivity index (χ4n) is 6.18. The summed E-state index contributed by atoms with van der Waals surface area (Å²) in [4.78, 5) is 2.33. The van der Waals surface area contributed by atoms with Crippen LogP contribution in [-0.4, -0.2) is 24.4 Å². The zero-order valence-corrected chi connectivity index (χ0v) is 30.0. The van der Waals surface area contributed by atoms with Gasteiger partial charge in [-0.1, -0.05) is 37.6 Å². The molecule has 0 N–H and O–H groups in total. The Kier molecular flexibility index (Phi) is 9.03. The smallest absolute Gasteiger partial charge is 0.209 e. The number of fused-ring (bicyclic) bond motifs is 2. The summed E-state index contributed by atoms with van der Waals surface area (Å²) in [6, 6.07) is 13.5. The molecule has 6 heteroatoms. The maximum atomic E-state index is 7.05. The van der Waals surface area contributed by atoms with Gasteiger partial charge in [-0.2, -0.15) is 4.58 Å². The Hall–Kier alpha value is -0.650. The SMILES string of the molecule is CN1/C(=C\C=C2/CCCC(/C=C/C3=[N+](C)c4ccc(I)cc4C3(C)C)=C2Cl)C(C)(C)c2cc(I)ccc21.[I-]. The lowest BCUT2D eigenvalue weighted by atomic mass is 9.81. The molecule has 0 fully saturated rings. The van der Waals surface area contributed by atoms with E-state index in [0.717, 1.165) is 24.3 Å². The van der Waals surface area contributed by atoms with Crippen molar-refractivity contribution in [3.05, 3.63) is 101 Å². The molecular formula is C32H34ClI3N2. The van der Waals surface area contributed by atoms with Crippen LogP contribution in [0.3, 0.4) is 0 Å². The molecule has 1 aliphatic carbocycles. The van der Waals surface area contributed by atoms with Crippen molar-refractivity contribution in [3.8, 4) is 0 Å². The molecule has 0 spiro atoms. The van der Waals surface area contributed by atoms with Gasteiger partial charge >= 0.3 is 0 Å². The number of benzene rings is 2. The molecular weight excluding hydrogens is 829 g/mol. The number of halogens is 4. The number of hydrogen-bond acceptors (Lipinski definition) is 1. The van der Waals surface area contributed by atoms with Crippen molar-refractivity contribution in [1.29, 1.82) is 0 Å². The highest BCUT2D eigenvalue weighted by atomic mass is 127. The molecule has 2 aliphatic heterocycles. The molecule has 0 bridgehead atoms. The highest BCUT2D eigenvalue weighted by Crippen LogP contribution is 2.47. The topological polar surface area (TPSA) is 6.25 Å². The van der Waals surface area contributed by atoms with E-state index < -0.39 is 0 Å². The van der Waals surface area contributed by atoms with Gasteiger partial charge in [-0.15, -0.1) is 0 Å². The summed E-state index contributed by atoms with van der Waals surface area (Å²) in [7, 11) is 4.35. The van der Waals surface area contributed by atoms with Crippen LogP contribution in [0.1, 0.15) is 58.1 Å². The molecule has 38 heavy (non-hydrogen) atoms. The summed E-state index contributed by atoms with van der Waals surface area (Å²) in [6.45, 7) is 9.27.